The Bertz CT molecular complexity index is 2960. The molecule has 1 nitrogen and oxygen atoms in total. The second kappa shape index (κ2) is 10.4. The minimum Gasteiger partial charge on any atom is -0.456 e. The molecule has 8 aromatic carbocycles. The zero-order valence-electron chi connectivity index (χ0n) is 32.9. The smallest absolute Gasteiger partial charge is 0.136 e. The average Bonchev–Trinajstić information content (AvgIpc) is 3.56. The Morgan fingerprint density at radius 1 is 0.356 bits per heavy atom. The van der Waals surface area contributed by atoms with Gasteiger partial charge >= 0.3 is 0 Å². The Morgan fingerprint density at radius 2 is 0.889 bits per heavy atom. The number of furan rings is 1. The zero-order valence-corrected chi connectivity index (χ0v) is 23.9. The predicted octanol–water partition coefficient (Wildman–Crippen LogP) is 12.6. The first-order valence-electron chi connectivity index (χ1n) is 19.2. The molecule has 0 N–H and O–H groups in total. The van der Waals surface area contributed by atoms with Gasteiger partial charge in [0, 0.05) is 10.8 Å². The van der Waals surface area contributed by atoms with Gasteiger partial charge in [-0.3, -0.25) is 0 Å². The summed E-state index contributed by atoms with van der Waals surface area (Å²) >= 11 is 0. The maximum Gasteiger partial charge on any atom is 0.136 e. The van der Waals surface area contributed by atoms with Gasteiger partial charge in [-0.1, -0.05) is 151 Å². The lowest BCUT2D eigenvalue weighted by Crippen LogP contribution is -1.94. The summed E-state index contributed by atoms with van der Waals surface area (Å²) in [6, 6.07) is 32.9. The minimum atomic E-state index is -0.484. The summed E-state index contributed by atoms with van der Waals surface area (Å²) in [4.78, 5) is 0. The first-order valence-corrected chi connectivity index (χ1v) is 14.7. The van der Waals surface area contributed by atoms with E-state index in [-0.39, 0.29) is 41.8 Å². The van der Waals surface area contributed by atoms with Gasteiger partial charge in [-0.2, -0.15) is 0 Å². The third-order valence-corrected chi connectivity index (χ3v) is 8.49. The SMILES string of the molecule is [2H]c1c([2H])c([2H])c(-c2cc3oc4ccccc4c3cc2-c2c3ccccc3c(-c3c([2H])c([2H])c([2H])c([2H])c3-c3ccccc3)c3ccccc23)c([2H])c1[2H]. The van der Waals surface area contributed by atoms with Crippen molar-refractivity contribution in [1.82, 2.24) is 0 Å². The Hall–Kier alpha value is -5.92. The van der Waals surface area contributed by atoms with E-state index in [1.54, 1.807) is 6.07 Å². The highest BCUT2D eigenvalue weighted by molar-refractivity contribution is 6.24. The van der Waals surface area contributed by atoms with Crippen LogP contribution in [0.1, 0.15) is 12.3 Å². The van der Waals surface area contributed by atoms with E-state index in [0.29, 0.717) is 44.5 Å². The second-order valence-corrected chi connectivity index (χ2v) is 10.9. The van der Waals surface area contributed by atoms with Crippen molar-refractivity contribution in [3.63, 3.8) is 0 Å². The molecule has 0 saturated carbocycles. The van der Waals surface area contributed by atoms with Crippen molar-refractivity contribution in [2.45, 2.75) is 0 Å². The van der Waals surface area contributed by atoms with Crippen LogP contribution >= 0.6 is 0 Å². The van der Waals surface area contributed by atoms with Crippen LogP contribution in [-0.4, -0.2) is 0 Å². The molecule has 0 unspecified atom stereocenters. The van der Waals surface area contributed by atoms with Gasteiger partial charge in [0.1, 0.15) is 11.2 Å². The molecule has 0 aliphatic rings. The number of rotatable bonds is 4. The number of benzene rings is 8. The van der Waals surface area contributed by atoms with Gasteiger partial charge in [-0.25, -0.2) is 0 Å². The summed E-state index contributed by atoms with van der Waals surface area (Å²) in [5.74, 6) is 0. The molecule has 0 aliphatic heterocycles. The standard InChI is InChI=1S/C44H28O/c1-3-15-29(16-4-1)31-19-7-8-21-33(31)43-34-22-9-11-24-36(34)44(37-25-12-10-23-35(37)43)40-27-39-32-20-13-14-26-41(32)45-42(39)28-38(40)30-17-5-2-6-18-30/h1-28H/i2D,5D,6D,7D,8D,17D,18D,19D,21D. The average molecular weight is 582 g/mol. The highest BCUT2D eigenvalue weighted by Gasteiger charge is 2.22. The van der Waals surface area contributed by atoms with Crippen LogP contribution in [0.3, 0.4) is 0 Å². The lowest BCUT2D eigenvalue weighted by Gasteiger charge is -2.21. The van der Waals surface area contributed by atoms with E-state index in [1.807, 2.05) is 109 Å². The van der Waals surface area contributed by atoms with Gasteiger partial charge in [0.05, 0.1) is 12.3 Å². The van der Waals surface area contributed by atoms with E-state index in [0.717, 1.165) is 37.9 Å². The minimum absolute atomic E-state index is 0.0409. The Balaban J connectivity index is 1.50. The van der Waals surface area contributed by atoms with E-state index in [1.165, 1.54) is 0 Å². The first-order chi connectivity index (χ1) is 26.1. The molecule has 0 fully saturated rings. The third kappa shape index (κ3) is 4.09. The van der Waals surface area contributed by atoms with Gasteiger partial charge in [-0.05, 0) is 84.3 Å². The topological polar surface area (TPSA) is 13.1 Å². The van der Waals surface area contributed by atoms with Crippen molar-refractivity contribution in [2.75, 3.05) is 0 Å². The van der Waals surface area contributed by atoms with Crippen LogP contribution in [0.25, 0.3) is 88.0 Å². The van der Waals surface area contributed by atoms with E-state index >= 15 is 0 Å². The molecule has 0 saturated heterocycles. The van der Waals surface area contributed by atoms with Gasteiger partial charge in [0.15, 0.2) is 0 Å². The molecular formula is C44H28O. The lowest BCUT2D eigenvalue weighted by molar-refractivity contribution is 0.669. The van der Waals surface area contributed by atoms with E-state index in [2.05, 4.69) is 0 Å². The Labute approximate surface area is 274 Å². The summed E-state index contributed by atoms with van der Waals surface area (Å²) in [7, 11) is 0. The molecule has 0 aliphatic carbocycles. The molecule has 0 spiro atoms. The molecule has 1 heteroatoms. The molecule has 0 amide bonds. The predicted molar refractivity (Wildman–Crippen MR) is 190 cm³/mol. The van der Waals surface area contributed by atoms with Gasteiger partial charge in [0.2, 0.25) is 0 Å². The molecule has 210 valence electrons. The summed E-state index contributed by atoms with van der Waals surface area (Å²) in [5, 5.41) is 4.59. The second-order valence-electron chi connectivity index (χ2n) is 10.9. The van der Waals surface area contributed by atoms with E-state index in [4.69, 9.17) is 15.4 Å². The maximum atomic E-state index is 9.34. The normalized spacial score (nSPS) is 14.4. The fraction of sp³-hybridized carbons (Fsp3) is 0. The summed E-state index contributed by atoms with van der Waals surface area (Å²) in [6.45, 7) is 0. The molecule has 9 aromatic rings. The first kappa shape index (κ1) is 18.0. The van der Waals surface area contributed by atoms with E-state index in [9.17, 15) is 1.37 Å². The molecule has 1 aromatic heterocycles. The highest BCUT2D eigenvalue weighted by atomic mass is 16.3. The van der Waals surface area contributed by atoms with Crippen molar-refractivity contribution in [3.8, 4) is 44.5 Å². The van der Waals surface area contributed by atoms with Crippen molar-refractivity contribution in [2.24, 2.45) is 0 Å². The van der Waals surface area contributed by atoms with Crippen LogP contribution in [0.5, 0.6) is 0 Å². The van der Waals surface area contributed by atoms with Crippen molar-refractivity contribution in [1.29, 1.82) is 0 Å². The third-order valence-electron chi connectivity index (χ3n) is 8.49. The number of hydrogen-bond acceptors (Lipinski definition) is 1. The van der Waals surface area contributed by atoms with Crippen LogP contribution in [0.15, 0.2) is 174 Å². The largest absolute Gasteiger partial charge is 0.456 e. The van der Waals surface area contributed by atoms with Gasteiger partial charge < -0.3 is 4.42 Å². The van der Waals surface area contributed by atoms with Crippen LogP contribution in [0.4, 0.5) is 0 Å². The van der Waals surface area contributed by atoms with Crippen LogP contribution in [-0.2, 0) is 0 Å². The lowest BCUT2D eigenvalue weighted by atomic mass is 9.82. The van der Waals surface area contributed by atoms with Crippen molar-refractivity contribution >= 4 is 43.5 Å². The molecule has 1 heterocycles. The quantitative estimate of drug-likeness (QED) is 0.188. The number of para-hydroxylation sites is 1. The van der Waals surface area contributed by atoms with Crippen LogP contribution < -0.4 is 0 Å². The number of fused-ring (bicyclic) bond motifs is 5. The fourth-order valence-corrected chi connectivity index (χ4v) is 6.58. The van der Waals surface area contributed by atoms with E-state index < -0.39 is 18.1 Å². The Kier molecular flexibility index (Phi) is 4.15. The summed E-state index contributed by atoms with van der Waals surface area (Å²) < 4.78 is 85.7. The Morgan fingerprint density at radius 3 is 1.56 bits per heavy atom. The highest BCUT2D eigenvalue weighted by Crippen LogP contribution is 2.49. The number of hydrogen-bond donors (Lipinski definition) is 0. The molecule has 0 radical (unpaired) electrons. The van der Waals surface area contributed by atoms with Gasteiger partial charge in [-0.15, -0.1) is 0 Å². The van der Waals surface area contributed by atoms with Crippen molar-refractivity contribution < 1.29 is 16.8 Å². The monoisotopic (exact) mass is 581 g/mol. The molecule has 0 atom stereocenters. The van der Waals surface area contributed by atoms with Crippen LogP contribution in [0.2, 0.25) is 0 Å². The zero-order chi connectivity index (χ0) is 37.6. The van der Waals surface area contributed by atoms with Crippen LogP contribution in [0, 0.1) is 0 Å². The van der Waals surface area contributed by atoms with Gasteiger partial charge in [0.25, 0.3) is 0 Å². The maximum absolute atomic E-state index is 9.34. The molecule has 0 bridgehead atoms. The molecule has 9 rings (SSSR count). The summed E-state index contributed by atoms with van der Waals surface area (Å²) in [5.41, 5.74) is 4.97. The van der Waals surface area contributed by atoms with Crippen molar-refractivity contribution in [3.05, 3.63) is 170 Å². The summed E-state index contributed by atoms with van der Waals surface area (Å²) in [6.07, 6.45) is 0. The fourth-order valence-electron chi connectivity index (χ4n) is 6.58. The molecular weight excluding hydrogens is 544 g/mol. The molecule has 45 heavy (non-hydrogen) atoms.